The van der Waals surface area contributed by atoms with E-state index in [4.69, 9.17) is 4.99 Å². The first-order chi connectivity index (χ1) is 18.6. The smallest absolute Gasteiger partial charge is 0.251 e. The van der Waals surface area contributed by atoms with Crippen molar-refractivity contribution in [1.29, 1.82) is 0 Å². The first kappa shape index (κ1) is 24.4. The third kappa shape index (κ3) is 4.70. The number of aliphatic imine (C=N–C) groups is 1. The van der Waals surface area contributed by atoms with E-state index in [1.54, 1.807) is 12.4 Å². The third-order valence-corrected chi connectivity index (χ3v) is 8.06. The zero-order chi connectivity index (χ0) is 26.1. The van der Waals surface area contributed by atoms with Crippen LogP contribution in [0, 0.1) is 5.92 Å². The second kappa shape index (κ2) is 10.4. The van der Waals surface area contributed by atoms with E-state index in [2.05, 4.69) is 27.1 Å². The average Bonchev–Trinajstić information content (AvgIpc) is 3.30. The lowest BCUT2D eigenvalue weighted by atomic mass is 9.84. The SMILES string of the molecule is CC[C@@H](NC(=O)c1ccc2c(C(=NC3CN4CCC3CC4)c3ccncc3)c(O)[nH]c2c1)c1ccccc1. The summed E-state index contributed by atoms with van der Waals surface area (Å²) in [6.07, 6.45) is 6.63. The van der Waals surface area contributed by atoms with Gasteiger partial charge >= 0.3 is 0 Å². The van der Waals surface area contributed by atoms with Gasteiger partial charge in [-0.3, -0.25) is 14.8 Å². The summed E-state index contributed by atoms with van der Waals surface area (Å²) in [6, 6.07) is 19.5. The van der Waals surface area contributed by atoms with Crippen LogP contribution >= 0.6 is 0 Å². The Morgan fingerprint density at radius 1 is 1.11 bits per heavy atom. The van der Waals surface area contributed by atoms with Gasteiger partial charge < -0.3 is 20.3 Å². The number of aromatic amines is 1. The summed E-state index contributed by atoms with van der Waals surface area (Å²) in [6.45, 7) is 5.31. The average molecular weight is 508 g/mol. The number of rotatable bonds is 7. The second-order valence-corrected chi connectivity index (χ2v) is 10.4. The van der Waals surface area contributed by atoms with Crippen LogP contribution in [0.5, 0.6) is 5.88 Å². The molecule has 2 aromatic carbocycles. The molecule has 2 atom stereocenters. The van der Waals surface area contributed by atoms with Crippen molar-refractivity contribution in [3.63, 3.8) is 0 Å². The molecule has 5 heterocycles. The Hall–Kier alpha value is -3.97. The van der Waals surface area contributed by atoms with Crippen molar-refractivity contribution in [3.05, 3.63) is 95.3 Å². The third-order valence-electron chi connectivity index (χ3n) is 8.06. The Labute approximate surface area is 222 Å². The van der Waals surface area contributed by atoms with Gasteiger partial charge in [0, 0.05) is 41.0 Å². The Morgan fingerprint density at radius 2 is 1.87 bits per heavy atom. The molecule has 7 heteroatoms. The molecule has 38 heavy (non-hydrogen) atoms. The molecule has 0 radical (unpaired) electrons. The van der Waals surface area contributed by atoms with Crippen molar-refractivity contribution in [2.24, 2.45) is 10.9 Å². The molecule has 0 saturated carbocycles. The van der Waals surface area contributed by atoms with Crippen LogP contribution in [0.25, 0.3) is 10.9 Å². The number of hydrogen-bond donors (Lipinski definition) is 3. The maximum Gasteiger partial charge on any atom is 0.251 e. The Bertz CT molecular complexity index is 1460. The molecule has 2 bridgehead atoms. The monoisotopic (exact) mass is 507 g/mol. The molecule has 7 nitrogen and oxygen atoms in total. The largest absolute Gasteiger partial charge is 0.494 e. The van der Waals surface area contributed by atoms with E-state index < -0.39 is 0 Å². The molecule has 3 saturated heterocycles. The molecular weight excluding hydrogens is 474 g/mol. The number of fused-ring (bicyclic) bond motifs is 4. The number of aromatic hydroxyl groups is 1. The number of benzene rings is 2. The molecule has 4 aromatic rings. The number of aromatic nitrogens is 2. The summed E-state index contributed by atoms with van der Waals surface area (Å²) in [5.41, 5.74) is 4.68. The van der Waals surface area contributed by atoms with Crippen molar-refractivity contribution in [2.45, 2.75) is 38.3 Å². The number of pyridine rings is 1. The van der Waals surface area contributed by atoms with Gasteiger partial charge in [0.15, 0.2) is 5.88 Å². The van der Waals surface area contributed by atoms with E-state index in [-0.39, 0.29) is 23.9 Å². The molecular formula is C31H33N5O2. The summed E-state index contributed by atoms with van der Waals surface area (Å²) < 4.78 is 0. The first-order valence-corrected chi connectivity index (χ1v) is 13.5. The molecule has 2 aromatic heterocycles. The van der Waals surface area contributed by atoms with Gasteiger partial charge in [0.2, 0.25) is 0 Å². The van der Waals surface area contributed by atoms with E-state index in [1.807, 2.05) is 60.7 Å². The topological polar surface area (TPSA) is 93.6 Å². The highest BCUT2D eigenvalue weighted by Crippen LogP contribution is 2.34. The fourth-order valence-corrected chi connectivity index (χ4v) is 5.95. The predicted molar refractivity (Wildman–Crippen MR) is 150 cm³/mol. The zero-order valence-corrected chi connectivity index (χ0v) is 21.6. The van der Waals surface area contributed by atoms with Gasteiger partial charge in [-0.25, -0.2) is 0 Å². The van der Waals surface area contributed by atoms with Gasteiger partial charge in [0.05, 0.1) is 23.4 Å². The fourth-order valence-electron chi connectivity index (χ4n) is 5.95. The van der Waals surface area contributed by atoms with Crippen LogP contribution < -0.4 is 5.32 Å². The molecule has 3 N–H and O–H groups in total. The number of nitrogens with one attached hydrogen (secondary N) is 2. The number of H-pyrrole nitrogens is 1. The summed E-state index contributed by atoms with van der Waals surface area (Å²) in [4.78, 5) is 28.2. The lowest BCUT2D eigenvalue weighted by molar-refractivity contribution is 0.0907. The molecule has 7 rings (SSSR count). The predicted octanol–water partition coefficient (Wildman–Crippen LogP) is 5.08. The summed E-state index contributed by atoms with van der Waals surface area (Å²) >= 11 is 0. The van der Waals surface area contributed by atoms with Crippen LogP contribution in [-0.2, 0) is 0 Å². The number of hydrogen-bond acceptors (Lipinski definition) is 5. The van der Waals surface area contributed by atoms with Crippen LogP contribution in [0.1, 0.15) is 59.3 Å². The van der Waals surface area contributed by atoms with E-state index >= 15 is 0 Å². The van der Waals surface area contributed by atoms with Crippen molar-refractivity contribution < 1.29 is 9.90 Å². The van der Waals surface area contributed by atoms with E-state index in [0.717, 1.165) is 61.1 Å². The lowest BCUT2D eigenvalue weighted by Crippen LogP contribution is -2.49. The Balaban J connectivity index is 1.35. The minimum atomic E-state index is -0.145. The molecule has 194 valence electrons. The minimum Gasteiger partial charge on any atom is -0.494 e. The standard InChI is InChI=1S/C31H33N5O2/c1-2-25(20-6-4-3-5-7-20)34-30(37)23-8-9-24-26(18-23)35-31(38)28(24)29(22-10-14-32-15-11-22)33-27-19-36-16-12-21(27)13-17-36/h3-11,14-15,18,21,25,27,35,38H,2,12-13,16-17,19H2,1H3,(H,34,37)/t25-,27?/m1/s1. The molecule has 1 amide bonds. The van der Waals surface area contributed by atoms with E-state index in [0.29, 0.717) is 22.6 Å². The van der Waals surface area contributed by atoms with Gasteiger partial charge in [0.25, 0.3) is 5.91 Å². The summed E-state index contributed by atoms with van der Waals surface area (Å²) in [5, 5.41) is 15.1. The van der Waals surface area contributed by atoms with Crippen molar-refractivity contribution in [1.82, 2.24) is 20.2 Å². The molecule has 3 fully saturated rings. The van der Waals surface area contributed by atoms with Gasteiger partial charge in [-0.1, -0.05) is 43.3 Å². The van der Waals surface area contributed by atoms with Crippen LogP contribution in [-0.4, -0.2) is 57.3 Å². The van der Waals surface area contributed by atoms with Crippen molar-refractivity contribution >= 4 is 22.5 Å². The highest BCUT2D eigenvalue weighted by atomic mass is 16.3. The van der Waals surface area contributed by atoms with E-state index in [9.17, 15) is 9.90 Å². The molecule has 0 aliphatic carbocycles. The summed E-state index contributed by atoms with van der Waals surface area (Å²) in [7, 11) is 0. The van der Waals surface area contributed by atoms with Crippen LogP contribution in [0.15, 0.2) is 78.0 Å². The number of amides is 1. The lowest BCUT2D eigenvalue weighted by Gasteiger charge is -2.43. The van der Waals surface area contributed by atoms with Crippen molar-refractivity contribution in [2.75, 3.05) is 19.6 Å². The number of carbonyl (C=O) groups excluding carboxylic acids is 1. The van der Waals surface area contributed by atoms with E-state index in [1.165, 1.54) is 0 Å². The molecule has 3 aliphatic heterocycles. The van der Waals surface area contributed by atoms with Gasteiger partial charge in [0.1, 0.15) is 0 Å². The Kier molecular flexibility index (Phi) is 6.68. The highest BCUT2D eigenvalue weighted by Gasteiger charge is 2.34. The number of nitrogens with zero attached hydrogens (tertiary/aromatic N) is 3. The minimum absolute atomic E-state index is 0.0603. The molecule has 1 unspecified atom stereocenters. The maximum absolute atomic E-state index is 13.2. The number of carbonyl (C=O) groups is 1. The van der Waals surface area contributed by atoms with Gasteiger partial charge in [-0.05, 0) is 68.1 Å². The molecule has 3 aliphatic rings. The van der Waals surface area contributed by atoms with Crippen molar-refractivity contribution in [3.8, 4) is 5.88 Å². The normalized spacial score (nSPS) is 21.9. The highest BCUT2D eigenvalue weighted by molar-refractivity contribution is 6.21. The zero-order valence-electron chi connectivity index (χ0n) is 21.6. The van der Waals surface area contributed by atoms with Crippen LogP contribution in [0.2, 0.25) is 0 Å². The van der Waals surface area contributed by atoms with Gasteiger partial charge in [-0.2, -0.15) is 0 Å². The maximum atomic E-state index is 13.2. The fraction of sp³-hybridized carbons (Fsp3) is 0.323. The second-order valence-electron chi connectivity index (χ2n) is 10.4. The van der Waals surface area contributed by atoms with Crippen LogP contribution in [0.3, 0.4) is 0 Å². The number of piperidine rings is 3. The summed E-state index contributed by atoms with van der Waals surface area (Å²) in [5.74, 6) is 0.481. The first-order valence-electron chi connectivity index (χ1n) is 13.5. The Morgan fingerprint density at radius 3 is 2.55 bits per heavy atom. The quantitative estimate of drug-likeness (QED) is 0.304. The van der Waals surface area contributed by atoms with Gasteiger partial charge in [-0.15, -0.1) is 0 Å². The van der Waals surface area contributed by atoms with Crippen LogP contribution in [0.4, 0.5) is 0 Å². The molecule has 0 spiro atoms.